The molecule has 0 amide bonds. The molecule has 0 bridgehead atoms. The number of nitrogen functional groups attached to an aromatic ring is 1. The summed E-state index contributed by atoms with van der Waals surface area (Å²) in [4.78, 5) is 18.0. The Balaban J connectivity index is 2.40. The monoisotopic (exact) mass is 265 g/mol. The van der Waals surface area contributed by atoms with Gasteiger partial charge in [-0.2, -0.15) is 0 Å². The molecule has 0 unspecified atom stereocenters. The molecule has 6 nitrogen and oxygen atoms in total. The van der Waals surface area contributed by atoms with Gasteiger partial charge < -0.3 is 20.1 Å². The van der Waals surface area contributed by atoms with Crippen molar-refractivity contribution in [2.75, 3.05) is 37.5 Å². The molecule has 19 heavy (non-hydrogen) atoms. The third kappa shape index (κ3) is 2.63. The SMILES string of the molecule is COC(=O)c1ccc(N)c(N2CCOCC2(C)C)n1. The van der Waals surface area contributed by atoms with E-state index >= 15 is 0 Å². The molecule has 0 saturated carbocycles. The van der Waals surface area contributed by atoms with Crippen LogP contribution < -0.4 is 10.6 Å². The molecule has 0 radical (unpaired) electrons. The van der Waals surface area contributed by atoms with E-state index in [9.17, 15) is 4.79 Å². The fourth-order valence-corrected chi connectivity index (χ4v) is 2.14. The Bertz CT molecular complexity index is 488. The zero-order valence-electron chi connectivity index (χ0n) is 11.5. The Morgan fingerprint density at radius 1 is 1.53 bits per heavy atom. The van der Waals surface area contributed by atoms with Crippen LogP contribution in [0.4, 0.5) is 11.5 Å². The number of nitrogens with two attached hydrogens (primary N) is 1. The number of rotatable bonds is 2. The smallest absolute Gasteiger partial charge is 0.356 e. The number of hydrogen-bond donors (Lipinski definition) is 1. The van der Waals surface area contributed by atoms with Crippen LogP contribution in [0.2, 0.25) is 0 Å². The quantitative estimate of drug-likeness (QED) is 0.806. The number of anilines is 2. The number of aromatic nitrogens is 1. The Morgan fingerprint density at radius 3 is 2.89 bits per heavy atom. The maximum absolute atomic E-state index is 11.6. The maximum atomic E-state index is 11.6. The summed E-state index contributed by atoms with van der Waals surface area (Å²) in [7, 11) is 1.33. The summed E-state index contributed by atoms with van der Waals surface area (Å²) in [5.41, 5.74) is 6.57. The van der Waals surface area contributed by atoms with Crippen molar-refractivity contribution in [3.63, 3.8) is 0 Å². The van der Waals surface area contributed by atoms with Crippen LogP contribution in [0.1, 0.15) is 24.3 Å². The highest BCUT2D eigenvalue weighted by molar-refractivity contribution is 5.88. The van der Waals surface area contributed by atoms with Crippen molar-refractivity contribution < 1.29 is 14.3 Å². The van der Waals surface area contributed by atoms with Crippen LogP contribution >= 0.6 is 0 Å². The van der Waals surface area contributed by atoms with Crippen LogP contribution in [-0.2, 0) is 9.47 Å². The van der Waals surface area contributed by atoms with Gasteiger partial charge >= 0.3 is 5.97 Å². The fraction of sp³-hybridized carbons (Fsp3) is 0.538. The lowest BCUT2D eigenvalue weighted by Gasteiger charge is -2.43. The lowest BCUT2D eigenvalue weighted by Crippen LogP contribution is -2.53. The van der Waals surface area contributed by atoms with E-state index in [2.05, 4.69) is 28.5 Å². The number of carbonyl (C=O) groups is 1. The first-order valence-corrected chi connectivity index (χ1v) is 6.16. The van der Waals surface area contributed by atoms with E-state index in [1.165, 1.54) is 7.11 Å². The minimum Gasteiger partial charge on any atom is -0.464 e. The lowest BCUT2D eigenvalue weighted by atomic mass is 10.0. The van der Waals surface area contributed by atoms with Crippen molar-refractivity contribution in [3.05, 3.63) is 17.8 Å². The summed E-state index contributed by atoms with van der Waals surface area (Å²) in [6.07, 6.45) is 0. The van der Waals surface area contributed by atoms with Crippen LogP contribution in [0.15, 0.2) is 12.1 Å². The third-order valence-corrected chi connectivity index (χ3v) is 3.20. The summed E-state index contributed by atoms with van der Waals surface area (Å²) < 4.78 is 10.2. The summed E-state index contributed by atoms with van der Waals surface area (Å²) in [6, 6.07) is 3.25. The third-order valence-electron chi connectivity index (χ3n) is 3.20. The molecule has 1 saturated heterocycles. The number of pyridine rings is 1. The molecule has 0 atom stereocenters. The molecule has 1 fully saturated rings. The van der Waals surface area contributed by atoms with Gasteiger partial charge in [0, 0.05) is 6.54 Å². The number of carbonyl (C=O) groups excluding carboxylic acids is 1. The van der Waals surface area contributed by atoms with Crippen LogP contribution in [-0.4, -0.2) is 43.4 Å². The van der Waals surface area contributed by atoms with Gasteiger partial charge in [-0.3, -0.25) is 0 Å². The molecule has 1 aliphatic heterocycles. The molecular weight excluding hydrogens is 246 g/mol. The van der Waals surface area contributed by atoms with Crippen LogP contribution in [0, 0.1) is 0 Å². The van der Waals surface area contributed by atoms with Gasteiger partial charge in [0.15, 0.2) is 11.5 Å². The highest BCUT2D eigenvalue weighted by Gasteiger charge is 2.33. The van der Waals surface area contributed by atoms with Gasteiger partial charge in [-0.05, 0) is 26.0 Å². The predicted octanol–water partition coefficient (Wildman–Crippen LogP) is 1.07. The summed E-state index contributed by atoms with van der Waals surface area (Å²) in [5, 5.41) is 0. The second-order valence-electron chi connectivity index (χ2n) is 5.12. The fourth-order valence-electron chi connectivity index (χ4n) is 2.14. The molecule has 1 aromatic heterocycles. The second kappa shape index (κ2) is 5.05. The van der Waals surface area contributed by atoms with E-state index in [0.29, 0.717) is 31.3 Å². The Morgan fingerprint density at radius 2 is 2.26 bits per heavy atom. The zero-order chi connectivity index (χ0) is 14.0. The van der Waals surface area contributed by atoms with Gasteiger partial charge in [-0.15, -0.1) is 0 Å². The predicted molar refractivity (Wildman–Crippen MR) is 72.2 cm³/mol. The molecule has 1 aromatic rings. The minimum atomic E-state index is -0.465. The molecule has 104 valence electrons. The first kappa shape index (κ1) is 13.6. The van der Waals surface area contributed by atoms with E-state index in [1.807, 2.05) is 0 Å². The zero-order valence-corrected chi connectivity index (χ0v) is 11.5. The molecule has 6 heteroatoms. The highest BCUT2D eigenvalue weighted by atomic mass is 16.5. The molecule has 0 aliphatic carbocycles. The van der Waals surface area contributed by atoms with Crippen LogP contribution in [0.25, 0.3) is 0 Å². The molecule has 2 heterocycles. The Hall–Kier alpha value is -1.82. The summed E-state index contributed by atoms with van der Waals surface area (Å²) in [6.45, 7) is 6.01. The molecular formula is C13H19N3O3. The van der Waals surface area contributed by atoms with Crippen molar-refractivity contribution >= 4 is 17.5 Å². The van der Waals surface area contributed by atoms with E-state index in [0.717, 1.165) is 0 Å². The van der Waals surface area contributed by atoms with Gasteiger partial charge in [0.05, 0.1) is 31.5 Å². The largest absolute Gasteiger partial charge is 0.464 e. The number of ether oxygens (including phenoxy) is 2. The van der Waals surface area contributed by atoms with E-state index in [-0.39, 0.29) is 11.2 Å². The molecule has 1 aliphatic rings. The minimum absolute atomic E-state index is 0.214. The van der Waals surface area contributed by atoms with Crippen molar-refractivity contribution in [1.82, 2.24) is 4.98 Å². The van der Waals surface area contributed by atoms with E-state index in [4.69, 9.17) is 10.5 Å². The molecule has 2 rings (SSSR count). The maximum Gasteiger partial charge on any atom is 0.356 e. The average Bonchev–Trinajstić information content (AvgIpc) is 2.38. The van der Waals surface area contributed by atoms with E-state index in [1.54, 1.807) is 12.1 Å². The standard InChI is InChI=1S/C13H19N3O3/c1-13(2)8-19-7-6-16(13)11-9(14)4-5-10(15-11)12(17)18-3/h4-5H,6-8,14H2,1-3H3. The van der Waals surface area contributed by atoms with Crippen molar-refractivity contribution in [1.29, 1.82) is 0 Å². The molecule has 0 spiro atoms. The first-order chi connectivity index (χ1) is 8.95. The van der Waals surface area contributed by atoms with Crippen molar-refractivity contribution in [3.8, 4) is 0 Å². The second-order valence-corrected chi connectivity index (χ2v) is 5.12. The molecule has 2 N–H and O–H groups in total. The Labute approximate surface area is 112 Å². The van der Waals surface area contributed by atoms with Crippen molar-refractivity contribution in [2.45, 2.75) is 19.4 Å². The van der Waals surface area contributed by atoms with Gasteiger partial charge in [-0.25, -0.2) is 9.78 Å². The number of nitrogens with zero attached hydrogens (tertiary/aromatic N) is 2. The van der Waals surface area contributed by atoms with Gasteiger partial charge in [0.25, 0.3) is 0 Å². The summed E-state index contributed by atoms with van der Waals surface area (Å²) >= 11 is 0. The average molecular weight is 265 g/mol. The molecule has 0 aromatic carbocycles. The number of methoxy groups -OCH3 is 1. The summed E-state index contributed by atoms with van der Waals surface area (Å²) in [5.74, 6) is 0.142. The highest BCUT2D eigenvalue weighted by Crippen LogP contribution is 2.30. The van der Waals surface area contributed by atoms with Gasteiger partial charge in [0.1, 0.15) is 0 Å². The Kier molecular flexibility index (Phi) is 3.61. The van der Waals surface area contributed by atoms with Gasteiger partial charge in [-0.1, -0.05) is 0 Å². The van der Waals surface area contributed by atoms with E-state index < -0.39 is 5.97 Å². The van der Waals surface area contributed by atoms with Crippen molar-refractivity contribution in [2.24, 2.45) is 0 Å². The topological polar surface area (TPSA) is 77.7 Å². The number of morpholine rings is 1. The van der Waals surface area contributed by atoms with Crippen LogP contribution in [0.5, 0.6) is 0 Å². The number of hydrogen-bond acceptors (Lipinski definition) is 6. The normalized spacial score (nSPS) is 18.2. The van der Waals surface area contributed by atoms with Gasteiger partial charge in [0.2, 0.25) is 0 Å². The van der Waals surface area contributed by atoms with Crippen LogP contribution in [0.3, 0.4) is 0 Å². The lowest BCUT2D eigenvalue weighted by molar-refractivity contribution is 0.0590. The number of esters is 1. The first-order valence-electron chi connectivity index (χ1n) is 6.16.